The van der Waals surface area contributed by atoms with Crippen molar-refractivity contribution < 1.29 is 14.3 Å². The minimum absolute atomic E-state index is 0.0196. The van der Waals surface area contributed by atoms with Gasteiger partial charge >= 0.3 is 0 Å². The van der Waals surface area contributed by atoms with E-state index >= 15 is 0 Å². The summed E-state index contributed by atoms with van der Waals surface area (Å²) < 4.78 is 11.8. The van der Waals surface area contributed by atoms with E-state index in [0.717, 1.165) is 32.5 Å². The summed E-state index contributed by atoms with van der Waals surface area (Å²) in [6.07, 6.45) is 1.45. The normalized spacial score (nSPS) is 10.8. The van der Waals surface area contributed by atoms with Gasteiger partial charge in [-0.2, -0.15) is 0 Å². The highest BCUT2D eigenvalue weighted by atomic mass is 32.1. The van der Waals surface area contributed by atoms with Gasteiger partial charge < -0.3 is 14.8 Å². The fraction of sp³-hybridized carbons (Fsp3) is 0.222. The molecule has 0 bridgehead atoms. The highest BCUT2D eigenvalue weighted by Crippen LogP contribution is 2.33. The molecule has 0 aliphatic rings. The number of methoxy groups -OCH3 is 2. The van der Waals surface area contributed by atoms with Crippen LogP contribution < -0.4 is 14.8 Å². The molecule has 1 N–H and O–H groups in total. The molecule has 1 heterocycles. The zero-order chi connectivity index (χ0) is 22.5. The van der Waals surface area contributed by atoms with Crippen LogP contribution in [0, 0.1) is 6.92 Å². The Morgan fingerprint density at radius 1 is 0.906 bits per heavy atom. The van der Waals surface area contributed by atoms with Crippen LogP contribution >= 0.6 is 11.3 Å². The molecule has 3 aromatic carbocycles. The fourth-order valence-corrected chi connectivity index (χ4v) is 4.94. The number of aryl methyl sites for hydroxylation is 1. The van der Waals surface area contributed by atoms with E-state index in [2.05, 4.69) is 48.6 Å². The Morgan fingerprint density at radius 2 is 1.62 bits per heavy atom. The Morgan fingerprint density at radius 3 is 2.38 bits per heavy atom. The second-order valence-corrected chi connectivity index (χ2v) is 8.82. The van der Waals surface area contributed by atoms with Gasteiger partial charge in [0.15, 0.2) is 11.5 Å². The number of amides is 1. The molecule has 0 aliphatic carbocycles. The highest BCUT2D eigenvalue weighted by molar-refractivity contribution is 7.21. The van der Waals surface area contributed by atoms with E-state index in [1.165, 1.54) is 11.1 Å². The van der Waals surface area contributed by atoms with Crippen LogP contribution in [-0.4, -0.2) is 26.7 Å². The molecule has 0 spiro atoms. The standard InChI is InChI=1S/C27H27NO3S/c1-18-8-10-19(11-9-18)16-22-21-6-4-5-7-25(21)32-26(22)27(29)28-15-14-20-12-13-23(30-2)24(17-20)31-3/h4-13,17H,14-16H2,1-3H3,(H,28,29). The fourth-order valence-electron chi connectivity index (χ4n) is 3.80. The molecular weight excluding hydrogens is 418 g/mol. The molecular formula is C27H27NO3S. The molecule has 4 aromatic rings. The lowest BCUT2D eigenvalue weighted by atomic mass is 10.0. The number of ether oxygens (including phenoxy) is 2. The minimum atomic E-state index is -0.0196. The number of thiophene rings is 1. The molecule has 0 unspecified atom stereocenters. The maximum absolute atomic E-state index is 13.1. The number of hydrogen-bond donors (Lipinski definition) is 1. The van der Waals surface area contributed by atoms with Crippen molar-refractivity contribution in [3.8, 4) is 11.5 Å². The Balaban J connectivity index is 1.51. The summed E-state index contributed by atoms with van der Waals surface area (Å²) in [5.41, 5.74) is 4.62. The van der Waals surface area contributed by atoms with Crippen LogP contribution in [0.2, 0.25) is 0 Å². The summed E-state index contributed by atoms with van der Waals surface area (Å²) in [5, 5.41) is 4.26. The van der Waals surface area contributed by atoms with Crippen LogP contribution in [0.25, 0.3) is 10.1 Å². The van der Waals surface area contributed by atoms with E-state index in [0.29, 0.717) is 24.5 Å². The number of carbonyl (C=O) groups excluding carboxylic acids is 1. The van der Waals surface area contributed by atoms with Crippen molar-refractivity contribution in [3.63, 3.8) is 0 Å². The van der Waals surface area contributed by atoms with Crippen LogP contribution in [0.3, 0.4) is 0 Å². The third-order valence-corrected chi connectivity index (χ3v) is 6.77. The monoisotopic (exact) mass is 445 g/mol. The Bertz CT molecular complexity index is 1230. The number of rotatable bonds is 8. The molecule has 0 saturated carbocycles. The van der Waals surface area contributed by atoms with Gasteiger partial charge in [-0.15, -0.1) is 11.3 Å². The topological polar surface area (TPSA) is 47.6 Å². The molecule has 0 fully saturated rings. The molecule has 0 atom stereocenters. The lowest BCUT2D eigenvalue weighted by molar-refractivity contribution is 0.0957. The molecule has 1 amide bonds. The van der Waals surface area contributed by atoms with Crippen molar-refractivity contribution in [3.05, 3.63) is 93.9 Å². The van der Waals surface area contributed by atoms with Crippen LogP contribution in [0.5, 0.6) is 11.5 Å². The SMILES string of the molecule is COc1ccc(CCNC(=O)c2sc3ccccc3c2Cc2ccc(C)cc2)cc1OC. The predicted molar refractivity (Wildman–Crippen MR) is 131 cm³/mol. The van der Waals surface area contributed by atoms with Gasteiger partial charge in [0.1, 0.15) is 0 Å². The van der Waals surface area contributed by atoms with Crippen molar-refractivity contribution in [2.45, 2.75) is 19.8 Å². The lowest BCUT2D eigenvalue weighted by Gasteiger charge is -2.10. The molecule has 0 radical (unpaired) electrons. The smallest absolute Gasteiger partial charge is 0.261 e. The van der Waals surface area contributed by atoms with E-state index in [9.17, 15) is 4.79 Å². The second-order valence-electron chi connectivity index (χ2n) is 7.76. The molecule has 32 heavy (non-hydrogen) atoms. The van der Waals surface area contributed by atoms with E-state index in [1.54, 1.807) is 25.6 Å². The van der Waals surface area contributed by atoms with Gasteiger partial charge in [0.2, 0.25) is 0 Å². The summed E-state index contributed by atoms with van der Waals surface area (Å²) in [4.78, 5) is 13.9. The van der Waals surface area contributed by atoms with Gasteiger partial charge in [0.05, 0.1) is 19.1 Å². The number of hydrogen-bond acceptors (Lipinski definition) is 4. The summed E-state index contributed by atoms with van der Waals surface area (Å²) in [6.45, 7) is 2.63. The summed E-state index contributed by atoms with van der Waals surface area (Å²) in [5.74, 6) is 1.38. The van der Waals surface area contributed by atoms with Crippen LogP contribution in [0.15, 0.2) is 66.7 Å². The maximum atomic E-state index is 13.1. The molecule has 4 rings (SSSR count). The summed E-state index contributed by atoms with van der Waals surface area (Å²) in [6, 6.07) is 22.6. The molecule has 5 heteroatoms. The first kappa shape index (κ1) is 21.9. The molecule has 0 aliphatic heterocycles. The first-order valence-corrected chi connectivity index (χ1v) is 11.5. The maximum Gasteiger partial charge on any atom is 0.261 e. The van der Waals surface area contributed by atoms with Crippen LogP contribution in [0.1, 0.15) is 31.9 Å². The van der Waals surface area contributed by atoms with Crippen LogP contribution in [-0.2, 0) is 12.8 Å². The van der Waals surface area contributed by atoms with Gasteiger partial charge in [-0.3, -0.25) is 4.79 Å². The molecule has 4 nitrogen and oxygen atoms in total. The number of nitrogens with one attached hydrogen (secondary N) is 1. The average molecular weight is 446 g/mol. The van der Waals surface area contributed by atoms with E-state index < -0.39 is 0 Å². The molecule has 164 valence electrons. The third kappa shape index (κ3) is 4.78. The van der Waals surface area contributed by atoms with Gasteiger partial charge in [0.25, 0.3) is 5.91 Å². The van der Waals surface area contributed by atoms with Crippen molar-refractivity contribution in [1.82, 2.24) is 5.32 Å². The third-order valence-electron chi connectivity index (χ3n) is 5.55. The second kappa shape index (κ2) is 9.88. The predicted octanol–water partition coefficient (Wildman–Crippen LogP) is 5.79. The lowest BCUT2D eigenvalue weighted by Crippen LogP contribution is -2.25. The van der Waals surface area contributed by atoms with E-state index in [1.807, 2.05) is 30.3 Å². The summed E-state index contributed by atoms with van der Waals surface area (Å²) >= 11 is 1.56. The van der Waals surface area contributed by atoms with Crippen molar-refractivity contribution in [2.24, 2.45) is 0 Å². The minimum Gasteiger partial charge on any atom is -0.493 e. The Kier molecular flexibility index (Phi) is 6.76. The number of fused-ring (bicyclic) bond motifs is 1. The van der Waals surface area contributed by atoms with E-state index in [4.69, 9.17) is 9.47 Å². The first-order chi connectivity index (χ1) is 15.6. The Hall–Kier alpha value is -3.31. The highest BCUT2D eigenvalue weighted by Gasteiger charge is 2.18. The van der Waals surface area contributed by atoms with Gasteiger partial charge in [0, 0.05) is 11.2 Å². The first-order valence-electron chi connectivity index (χ1n) is 10.6. The van der Waals surface area contributed by atoms with Gasteiger partial charge in [-0.1, -0.05) is 54.1 Å². The average Bonchev–Trinajstić information content (AvgIpc) is 3.19. The van der Waals surface area contributed by atoms with Gasteiger partial charge in [-0.05, 0) is 60.0 Å². The zero-order valence-electron chi connectivity index (χ0n) is 18.6. The number of carbonyl (C=O) groups is 1. The largest absolute Gasteiger partial charge is 0.493 e. The van der Waals surface area contributed by atoms with Gasteiger partial charge in [-0.25, -0.2) is 0 Å². The molecule has 1 aromatic heterocycles. The van der Waals surface area contributed by atoms with E-state index in [-0.39, 0.29) is 5.91 Å². The summed E-state index contributed by atoms with van der Waals surface area (Å²) in [7, 11) is 3.25. The van der Waals surface area contributed by atoms with Crippen molar-refractivity contribution in [1.29, 1.82) is 0 Å². The zero-order valence-corrected chi connectivity index (χ0v) is 19.4. The van der Waals surface area contributed by atoms with Crippen molar-refractivity contribution in [2.75, 3.05) is 20.8 Å². The quantitative estimate of drug-likeness (QED) is 0.373. The van der Waals surface area contributed by atoms with Crippen LogP contribution in [0.4, 0.5) is 0 Å². The Labute approximate surface area is 192 Å². The van der Waals surface area contributed by atoms with Crippen molar-refractivity contribution >= 4 is 27.3 Å². The molecule has 0 saturated heterocycles. The number of benzene rings is 3.